The zero-order valence-corrected chi connectivity index (χ0v) is 17.4. The van der Waals surface area contributed by atoms with E-state index in [2.05, 4.69) is 4.99 Å². The van der Waals surface area contributed by atoms with E-state index in [1.807, 2.05) is 30.5 Å². The molecule has 3 rings (SSSR count). The van der Waals surface area contributed by atoms with E-state index in [-0.39, 0.29) is 17.1 Å². The Morgan fingerprint density at radius 2 is 1.89 bits per heavy atom. The molecule has 0 bridgehead atoms. The Labute approximate surface area is 166 Å². The summed E-state index contributed by atoms with van der Waals surface area (Å²) in [6.07, 6.45) is -0.158. The lowest BCUT2D eigenvalue weighted by Gasteiger charge is -2.03. The molecule has 0 aliphatic carbocycles. The second-order valence-corrected chi connectivity index (χ2v) is 9.68. The summed E-state index contributed by atoms with van der Waals surface area (Å²) < 4.78 is 27.6. The van der Waals surface area contributed by atoms with Crippen LogP contribution in [-0.2, 0) is 21.2 Å². The first-order valence-corrected chi connectivity index (χ1v) is 11.3. The van der Waals surface area contributed by atoms with Gasteiger partial charge in [-0.3, -0.25) is 4.79 Å². The third kappa shape index (κ3) is 4.48. The number of hydrogen-bond acceptors (Lipinski definition) is 4. The zero-order valence-electron chi connectivity index (χ0n) is 15.0. The maximum atomic E-state index is 12.4. The summed E-state index contributed by atoms with van der Waals surface area (Å²) in [6, 6.07) is 12.1. The SMILES string of the molecule is CCn1c(=NC(=O)CCS(=O)(=O)c2ccc(C)cc2)sc2cc(Cl)ccc21. The van der Waals surface area contributed by atoms with E-state index in [9.17, 15) is 13.2 Å². The normalized spacial score (nSPS) is 12.6. The lowest BCUT2D eigenvalue weighted by Crippen LogP contribution is -2.17. The van der Waals surface area contributed by atoms with Gasteiger partial charge in [-0.15, -0.1) is 0 Å². The lowest BCUT2D eigenvalue weighted by atomic mass is 10.2. The quantitative estimate of drug-likeness (QED) is 0.624. The van der Waals surface area contributed by atoms with Crippen molar-refractivity contribution in [2.24, 2.45) is 4.99 Å². The number of aromatic nitrogens is 1. The van der Waals surface area contributed by atoms with Gasteiger partial charge < -0.3 is 4.57 Å². The van der Waals surface area contributed by atoms with Gasteiger partial charge in [0.15, 0.2) is 14.6 Å². The lowest BCUT2D eigenvalue weighted by molar-refractivity contribution is -0.117. The molecule has 0 N–H and O–H groups in total. The first-order chi connectivity index (χ1) is 12.8. The van der Waals surface area contributed by atoms with Gasteiger partial charge in [-0.1, -0.05) is 40.6 Å². The molecular formula is C19H19ClN2O3S2. The van der Waals surface area contributed by atoms with Gasteiger partial charge in [0.2, 0.25) is 5.91 Å². The van der Waals surface area contributed by atoms with Crippen LogP contribution >= 0.6 is 22.9 Å². The molecule has 8 heteroatoms. The number of thiazole rings is 1. The van der Waals surface area contributed by atoms with Crippen LogP contribution in [0.5, 0.6) is 0 Å². The molecule has 0 saturated heterocycles. The molecular weight excluding hydrogens is 404 g/mol. The highest BCUT2D eigenvalue weighted by atomic mass is 35.5. The van der Waals surface area contributed by atoms with Crippen LogP contribution in [0.25, 0.3) is 10.2 Å². The topological polar surface area (TPSA) is 68.5 Å². The van der Waals surface area contributed by atoms with E-state index in [1.165, 1.54) is 11.3 Å². The highest BCUT2D eigenvalue weighted by molar-refractivity contribution is 7.91. The predicted molar refractivity (Wildman–Crippen MR) is 109 cm³/mol. The standard InChI is InChI=1S/C19H19ClN2O3S2/c1-3-22-16-9-6-14(20)12-17(16)26-19(22)21-18(23)10-11-27(24,25)15-7-4-13(2)5-8-15/h4-9,12H,3,10-11H2,1-2H3. The summed E-state index contributed by atoms with van der Waals surface area (Å²) in [5, 5.41) is 0.620. The molecule has 0 unspecified atom stereocenters. The van der Waals surface area contributed by atoms with Crippen LogP contribution in [0.15, 0.2) is 52.4 Å². The Morgan fingerprint density at radius 3 is 2.56 bits per heavy atom. The van der Waals surface area contributed by atoms with Crippen LogP contribution in [-0.4, -0.2) is 24.6 Å². The molecule has 1 aromatic heterocycles. The monoisotopic (exact) mass is 422 g/mol. The Hall–Kier alpha value is -1.96. The minimum absolute atomic E-state index is 0.158. The van der Waals surface area contributed by atoms with E-state index < -0.39 is 15.7 Å². The third-order valence-electron chi connectivity index (χ3n) is 4.15. The Kier molecular flexibility index (Phi) is 5.83. The second-order valence-electron chi connectivity index (χ2n) is 6.13. The van der Waals surface area contributed by atoms with Crippen molar-refractivity contribution in [2.75, 3.05) is 5.75 Å². The fraction of sp³-hybridized carbons (Fsp3) is 0.263. The average Bonchev–Trinajstić information content (AvgIpc) is 2.96. The summed E-state index contributed by atoms with van der Waals surface area (Å²) in [4.78, 5) is 17.2. The van der Waals surface area contributed by atoms with Crippen molar-refractivity contribution >= 4 is 48.9 Å². The Bertz CT molecular complexity index is 1160. The van der Waals surface area contributed by atoms with Crippen molar-refractivity contribution in [3.63, 3.8) is 0 Å². The number of fused-ring (bicyclic) bond motifs is 1. The molecule has 3 aromatic rings. The van der Waals surface area contributed by atoms with E-state index in [0.717, 1.165) is 15.8 Å². The van der Waals surface area contributed by atoms with E-state index in [1.54, 1.807) is 30.3 Å². The number of sulfone groups is 1. The summed E-state index contributed by atoms with van der Waals surface area (Å²) >= 11 is 7.39. The van der Waals surface area contributed by atoms with Crippen LogP contribution in [0, 0.1) is 6.92 Å². The fourth-order valence-electron chi connectivity index (χ4n) is 2.69. The van der Waals surface area contributed by atoms with Crippen molar-refractivity contribution in [1.29, 1.82) is 0 Å². The van der Waals surface area contributed by atoms with E-state index in [0.29, 0.717) is 16.4 Å². The minimum Gasteiger partial charge on any atom is -0.317 e. The van der Waals surface area contributed by atoms with Crippen molar-refractivity contribution < 1.29 is 13.2 Å². The zero-order chi connectivity index (χ0) is 19.6. The van der Waals surface area contributed by atoms with Crippen molar-refractivity contribution in [2.45, 2.75) is 31.7 Å². The van der Waals surface area contributed by atoms with Gasteiger partial charge in [-0.25, -0.2) is 8.42 Å². The number of benzene rings is 2. The Balaban J connectivity index is 1.83. The molecule has 5 nitrogen and oxygen atoms in total. The van der Waals surface area contributed by atoms with Crippen LogP contribution in [0.4, 0.5) is 0 Å². The molecule has 1 amide bonds. The number of rotatable bonds is 5. The van der Waals surface area contributed by atoms with Gasteiger partial charge in [0.25, 0.3) is 0 Å². The number of hydrogen-bond donors (Lipinski definition) is 0. The van der Waals surface area contributed by atoms with Crippen LogP contribution in [0.3, 0.4) is 0 Å². The molecule has 2 aromatic carbocycles. The molecule has 0 atom stereocenters. The predicted octanol–water partition coefficient (Wildman–Crippen LogP) is 3.98. The average molecular weight is 423 g/mol. The second kappa shape index (κ2) is 7.96. The molecule has 0 fully saturated rings. The molecule has 0 radical (unpaired) electrons. The van der Waals surface area contributed by atoms with Crippen molar-refractivity contribution in [3.8, 4) is 0 Å². The van der Waals surface area contributed by atoms with E-state index >= 15 is 0 Å². The summed E-state index contributed by atoms with van der Waals surface area (Å²) in [6.45, 7) is 4.50. The van der Waals surface area contributed by atoms with Gasteiger partial charge in [0.05, 0.1) is 20.9 Å². The highest BCUT2D eigenvalue weighted by Crippen LogP contribution is 2.22. The van der Waals surface area contributed by atoms with Crippen molar-refractivity contribution in [3.05, 3.63) is 57.9 Å². The number of carbonyl (C=O) groups is 1. The fourth-order valence-corrected chi connectivity index (χ4v) is 5.30. The maximum absolute atomic E-state index is 12.4. The smallest absolute Gasteiger partial charge is 0.249 e. The van der Waals surface area contributed by atoms with Gasteiger partial charge in [-0.2, -0.15) is 4.99 Å². The van der Waals surface area contributed by atoms with Crippen LogP contribution in [0.2, 0.25) is 5.02 Å². The number of nitrogens with zero attached hydrogens (tertiary/aromatic N) is 2. The molecule has 27 heavy (non-hydrogen) atoms. The van der Waals surface area contributed by atoms with Gasteiger partial charge in [-0.05, 0) is 44.2 Å². The van der Waals surface area contributed by atoms with Crippen LogP contribution < -0.4 is 4.80 Å². The van der Waals surface area contributed by atoms with Gasteiger partial charge >= 0.3 is 0 Å². The molecule has 142 valence electrons. The minimum atomic E-state index is -3.51. The maximum Gasteiger partial charge on any atom is 0.249 e. The number of aryl methyl sites for hydroxylation is 2. The van der Waals surface area contributed by atoms with Crippen molar-refractivity contribution in [1.82, 2.24) is 4.57 Å². The van der Waals surface area contributed by atoms with Gasteiger partial charge in [0.1, 0.15) is 0 Å². The third-order valence-corrected chi connectivity index (χ3v) is 7.15. The first kappa shape index (κ1) is 19.8. The van der Waals surface area contributed by atoms with E-state index in [4.69, 9.17) is 11.6 Å². The molecule has 0 spiro atoms. The first-order valence-electron chi connectivity index (χ1n) is 8.46. The number of halogens is 1. The Morgan fingerprint density at radius 1 is 1.19 bits per heavy atom. The van der Waals surface area contributed by atoms with Gasteiger partial charge in [0, 0.05) is 18.0 Å². The number of carbonyl (C=O) groups excluding carboxylic acids is 1. The summed E-state index contributed by atoms with van der Waals surface area (Å²) in [5.41, 5.74) is 1.93. The summed E-state index contributed by atoms with van der Waals surface area (Å²) in [5.74, 6) is -0.716. The summed E-state index contributed by atoms with van der Waals surface area (Å²) in [7, 11) is -3.51. The van der Waals surface area contributed by atoms with Crippen LogP contribution in [0.1, 0.15) is 18.9 Å². The highest BCUT2D eigenvalue weighted by Gasteiger charge is 2.16. The number of amides is 1. The molecule has 0 aliphatic heterocycles. The largest absolute Gasteiger partial charge is 0.317 e. The molecule has 0 aliphatic rings. The molecule has 0 saturated carbocycles. The molecule has 1 heterocycles.